The minimum absolute atomic E-state index is 0.128. The molecule has 27 heavy (non-hydrogen) atoms. The van der Waals surface area contributed by atoms with Crippen LogP contribution in [0.4, 0.5) is 5.82 Å². The smallest absolute Gasteiger partial charge is 0.224 e. The normalized spacial score (nSPS) is 23.9. The first kappa shape index (κ1) is 18.2. The van der Waals surface area contributed by atoms with E-state index >= 15 is 0 Å². The summed E-state index contributed by atoms with van der Waals surface area (Å²) in [5.41, 5.74) is 0.251. The van der Waals surface area contributed by atoms with Crippen LogP contribution in [0.2, 0.25) is 0 Å². The van der Waals surface area contributed by atoms with E-state index in [0.29, 0.717) is 26.1 Å². The van der Waals surface area contributed by atoms with Gasteiger partial charge in [-0.05, 0) is 49.9 Å². The molecule has 1 unspecified atom stereocenters. The Morgan fingerprint density at radius 3 is 2.67 bits per heavy atom. The Hall–Kier alpha value is -2.15. The monoisotopic (exact) mass is 371 g/mol. The Kier molecular flexibility index (Phi) is 5.29. The van der Waals surface area contributed by atoms with Crippen molar-refractivity contribution in [3.8, 4) is 0 Å². The second kappa shape index (κ2) is 7.84. The number of piperidine rings is 1. The van der Waals surface area contributed by atoms with Crippen molar-refractivity contribution in [1.29, 1.82) is 0 Å². The van der Waals surface area contributed by atoms with E-state index < -0.39 is 0 Å². The van der Waals surface area contributed by atoms with Crippen LogP contribution >= 0.6 is 0 Å². The molecular weight excluding hydrogens is 342 g/mol. The van der Waals surface area contributed by atoms with Gasteiger partial charge in [0.25, 0.3) is 0 Å². The molecule has 2 saturated heterocycles. The topological polar surface area (TPSA) is 77.6 Å². The average molecular weight is 371 g/mol. The molecule has 1 spiro atoms. The van der Waals surface area contributed by atoms with Gasteiger partial charge in [-0.1, -0.05) is 6.07 Å². The molecule has 0 aromatic carbocycles. The third kappa shape index (κ3) is 4.08. The minimum atomic E-state index is 0.128. The lowest BCUT2D eigenvalue weighted by molar-refractivity contribution is -0.131. The molecule has 1 saturated carbocycles. The zero-order valence-electron chi connectivity index (χ0n) is 15.8. The van der Waals surface area contributed by atoms with Gasteiger partial charge in [-0.3, -0.25) is 9.59 Å². The molecule has 3 aliphatic rings. The lowest BCUT2D eigenvalue weighted by atomic mass is 9.92. The molecule has 1 aromatic heterocycles. The van der Waals surface area contributed by atoms with Crippen LogP contribution in [-0.4, -0.2) is 67.5 Å². The van der Waals surface area contributed by atoms with E-state index in [9.17, 15) is 9.59 Å². The summed E-state index contributed by atoms with van der Waals surface area (Å²) in [6.07, 6.45) is 5.40. The Morgan fingerprint density at radius 1 is 1.19 bits per heavy atom. The summed E-state index contributed by atoms with van der Waals surface area (Å²) in [5, 5.41) is 6.35. The minimum Gasteiger partial charge on any atom is -0.355 e. The van der Waals surface area contributed by atoms with E-state index in [1.54, 1.807) is 6.20 Å². The van der Waals surface area contributed by atoms with Crippen LogP contribution in [-0.2, 0) is 9.59 Å². The van der Waals surface area contributed by atoms with Crippen molar-refractivity contribution in [2.24, 2.45) is 11.3 Å². The van der Waals surface area contributed by atoms with Crippen LogP contribution in [0.5, 0.6) is 0 Å². The molecule has 4 rings (SSSR count). The summed E-state index contributed by atoms with van der Waals surface area (Å²) >= 11 is 0. The highest BCUT2D eigenvalue weighted by atomic mass is 16.2. The molecule has 2 aliphatic heterocycles. The number of rotatable bonds is 5. The van der Waals surface area contributed by atoms with Crippen LogP contribution in [0.3, 0.4) is 0 Å². The number of hydrogen-bond acceptors (Lipinski definition) is 5. The molecule has 2 amide bonds. The van der Waals surface area contributed by atoms with Gasteiger partial charge in [0.2, 0.25) is 11.8 Å². The molecule has 7 heteroatoms. The standard InChI is InChI=1S/C20H29N5O2/c26-18(25-13-11-24(12-14-25)17-3-1-2-7-22-17)4-8-23-19(27)16-15-20(16)5-9-21-10-6-20/h1-3,7,16,21H,4-6,8-15H2,(H,23,27). The van der Waals surface area contributed by atoms with E-state index in [1.807, 2.05) is 23.1 Å². The third-order valence-corrected chi connectivity index (χ3v) is 6.35. The highest BCUT2D eigenvalue weighted by Crippen LogP contribution is 2.58. The van der Waals surface area contributed by atoms with E-state index in [1.165, 1.54) is 0 Å². The number of piperazine rings is 1. The molecule has 0 radical (unpaired) electrons. The summed E-state index contributed by atoms with van der Waals surface area (Å²) in [6.45, 7) is 5.51. The maximum Gasteiger partial charge on any atom is 0.224 e. The van der Waals surface area contributed by atoms with Crippen LogP contribution in [0.15, 0.2) is 24.4 Å². The molecule has 1 aromatic rings. The number of hydrogen-bond donors (Lipinski definition) is 2. The quantitative estimate of drug-likeness (QED) is 0.794. The van der Waals surface area contributed by atoms with Gasteiger partial charge in [0.05, 0.1) is 0 Å². The molecule has 3 fully saturated rings. The van der Waals surface area contributed by atoms with Gasteiger partial charge in [-0.15, -0.1) is 0 Å². The Bertz CT molecular complexity index is 666. The first-order valence-electron chi connectivity index (χ1n) is 10.1. The Morgan fingerprint density at radius 2 is 1.96 bits per heavy atom. The largest absolute Gasteiger partial charge is 0.355 e. The number of carbonyl (C=O) groups is 2. The fourth-order valence-electron chi connectivity index (χ4n) is 4.50. The molecule has 3 heterocycles. The van der Waals surface area contributed by atoms with Gasteiger partial charge in [0.15, 0.2) is 0 Å². The zero-order chi connectivity index (χ0) is 18.7. The van der Waals surface area contributed by atoms with Crippen molar-refractivity contribution in [3.05, 3.63) is 24.4 Å². The Labute approximate surface area is 160 Å². The van der Waals surface area contributed by atoms with Crippen molar-refractivity contribution in [2.45, 2.75) is 25.7 Å². The van der Waals surface area contributed by atoms with Crippen molar-refractivity contribution >= 4 is 17.6 Å². The van der Waals surface area contributed by atoms with Gasteiger partial charge < -0.3 is 20.4 Å². The summed E-state index contributed by atoms with van der Waals surface area (Å²) in [5.74, 6) is 1.40. The van der Waals surface area contributed by atoms with E-state index in [4.69, 9.17) is 0 Å². The summed E-state index contributed by atoms with van der Waals surface area (Å²) < 4.78 is 0. The fraction of sp³-hybridized carbons (Fsp3) is 0.650. The van der Waals surface area contributed by atoms with Crippen LogP contribution < -0.4 is 15.5 Å². The van der Waals surface area contributed by atoms with Crippen molar-refractivity contribution in [1.82, 2.24) is 20.5 Å². The lowest BCUT2D eigenvalue weighted by Gasteiger charge is -2.35. The average Bonchev–Trinajstić information content (AvgIpc) is 3.42. The van der Waals surface area contributed by atoms with Crippen molar-refractivity contribution < 1.29 is 9.59 Å². The summed E-state index contributed by atoms with van der Waals surface area (Å²) in [4.78, 5) is 33.3. The highest BCUT2D eigenvalue weighted by Gasteiger charge is 2.57. The third-order valence-electron chi connectivity index (χ3n) is 6.35. The van der Waals surface area contributed by atoms with Crippen LogP contribution in [0.25, 0.3) is 0 Å². The number of aromatic nitrogens is 1. The van der Waals surface area contributed by atoms with E-state index in [-0.39, 0.29) is 23.1 Å². The zero-order valence-corrected chi connectivity index (χ0v) is 15.8. The van der Waals surface area contributed by atoms with Crippen molar-refractivity contribution in [2.75, 3.05) is 50.7 Å². The first-order valence-corrected chi connectivity index (χ1v) is 10.1. The molecule has 7 nitrogen and oxygen atoms in total. The predicted molar refractivity (Wildman–Crippen MR) is 103 cm³/mol. The highest BCUT2D eigenvalue weighted by molar-refractivity contribution is 5.83. The van der Waals surface area contributed by atoms with Gasteiger partial charge in [-0.2, -0.15) is 0 Å². The predicted octanol–water partition coefficient (Wildman–Crippen LogP) is 0.626. The number of nitrogens with zero attached hydrogens (tertiary/aromatic N) is 3. The molecule has 2 N–H and O–H groups in total. The molecule has 1 atom stereocenters. The lowest BCUT2D eigenvalue weighted by Crippen LogP contribution is -2.49. The van der Waals surface area contributed by atoms with Gasteiger partial charge in [0, 0.05) is 51.3 Å². The summed E-state index contributed by atoms with van der Waals surface area (Å²) in [6, 6.07) is 5.89. The van der Waals surface area contributed by atoms with Crippen LogP contribution in [0.1, 0.15) is 25.7 Å². The van der Waals surface area contributed by atoms with E-state index in [0.717, 1.165) is 51.3 Å². The van der Waals surface area contributed by atoms with Crippen molar-refractivity contribution in [3.63, 3.8) is 0 Å². The number of pyridine rings is 1. The number of carbonyl (C=O) groups excluding carboxylic acids is 2. The molecule has 146 valence electrons. The Balaban J connectivity index is 1.16. The van der Waals surface area contributed by atoms with Crippen LogP contribution in [0, 0.1) is 11.3 Å². The fourth-order valence-corrected chi connectivity index (χ4v) is 4.50. The van der Waals surface area contributed by atoms with E-state index in [2.05, 4.69) is 20.5 Å². The molecule has 1 aliphatic carbocycles. The number of amides is 2. The second-order valence-electron chi connectivity index (χ2n) is 7.97. The maximum atomic E-state index is 12.4. The van der Waals surface area contributed by atoms with Gasteiger partial charge >= 0.3 is 0 Å². The second-order valence-corrected chi connectivity index (χ2v) is 7.97. The SMILES string of the molecule is O=C(NCCC(=O)N1CCN(c2ccccn2)CC1)C1CC12CCNCC2. The number of nitrogens with one attached hydrogen (secondary N) is 2. The molecule has 0 bridgehead atoms. The summed E-state index contributed by atoms with van der Waals surface area (Å²) in [7, 11) is 0. The van der Waals surface area contributed by atoms with Gasteiger partial charge in [-0.25, -0.2) is 4.98 Å². The number of anilines is 1. The van der Waals surface area contributed by atoms with Gasteiger partial charge in [0.1, 0.15) is 5.82 Å². The first-order chi connectivity index (χ1) is 13.2. The molecular formula is C20H29N5O2. The maximum absolute atomic E-state index is 12.4.